The molecule has 0 aliphatic rings. The number of hydrogen-bond acceptors (Lipinski definition) is 5. The Kier molecular flexibility index (Phi) is 6.02. The van der Waals surface area contributed by atoms with Crippen molar-refractivity contribution < 1.29 is 23.6 Å². The summed E-state index contributed by atoms with van der Waals surface area (Å²) in [6, 6.07) is 9.39. The summed E-state index contributed by atoms with van der Waals surface area (Å²) in [4.78, 5) is 33.7. The highest BCUT2D eigenvalue weighted by Gasteiger charge is 2.17. The van der Waals surface area contributed by atoms with Crippen LogP contribution in [0.2, 0.25) is 5.02 Å². The lowest BCUT2D eigenvalue weighted by Gasteiger charge is -2.08. The van der Waals surface area contributed by atoms with Gasteiger partial charge in [0, 0.05) is 16.7 Å². The van der Waals surface area contributed by atoms with Gasteiger partial charge in [-0.2, -0.15) is 0 Å². The summed E-state index contributed by atoms with van der Waals surface area (Å²) in [5.41, 5.74) is -0.155. The summed E-state index contributed by atoms with van der Waals surface area (Å²) < 4.78 is 18.3. The summed E-state index contributed by atoms with van der Waals surface area (Å²) in [6.45, 7) is -0.651. The third kappa shape index (κ3) is 5.25. The molecular weight excluding hydrogens is 355 g/mol. The Morgan fingerprint density at radius 2 is 1.96 bits per heavy atom. The number of carbonyl (C=O) groups is 2. The highest BCUT2D eigenvalue weighted by molar-refractivity contribution is 6.30. The van der Waals surface area contributed by atoms with Crippen molar-refractivity contribution >= 4 is 34.9 Å². The van der Waals surface area contributed by atoms with Crippen molar-refractivity contribution in [2.75, 3.05) is 11.9 Å². The minimum absolute atomic E-state index is 0.107. The zero-order valence-corrected chi connectivity index (χ0v) is 13.5. The molecule has 2 rings (SSSR count). The molecule has 0 bridgehead atoms. The molecule has 0 aromatic heterocycles. The lowest BCUT2D eigenvalue weighted by atomic mass is 10.1. The molecule has 0 radical (unpaired) electrons. The minimum Gasteiger partial charge on any atom is -0.455 e. The molecule has 9 heteroatoms. The molecule has 1 N–H and O–H groups in total. The first-order valence-electron chi connectivity index (χ1n) is 6.99. The summed E-state index contributed by atoms with van der Waals surface area (Å²) in [7, 11) is 0. The van der Waals surface area contributed by atoms with Crippen LogP contribution in [0.25, 0.3) is 0 Å². The van der Waals surface area contributed by atoms with Gasteiger partial charge in [-0.3, -0.25) is 19.7 Å². The molecule has 0 heterocycles. The highest BCUT2D eigenvalue weighted by Crippen LogP contribution is 2.19. The number of amides is 1. The Labute approximate surface area is 146 Å². The molecule has 2 aromatic rings. The van der Waals surface area contributed by atoms with Crippen LogP contribution in [0.15, 0.2) is 42.5 Å². The van der Waals surface area contributed by atoms with Crippen molar-refractivity contribution in [2.45, 2.75) is 6.42 Å². The van der Waals surface area contributed by atoms with Crippen molar-refractivity contribution in [3.05, 3.63) is 69.0 Å². The fourth-order valence-electron chi connectivity index (χ4n) is 1.97. The molecule has 0 saturated carbocycles. The standard InChI is InChI=1S/C16H12ClFN2O5/c17-11-5-6-13(12(18)8-11)19-15(21)9-25-16(22)7-10-3-1-2-4-14(10)20(23)24/h1-6,8H,7,9H2,(H,19,21). The molecule has 25 heavy (non-hydrogen) atoms. The first-order valence-corrected chi connectivity index (χ1v) is 7.37. The molecule has 2 aromatic carbocycles. The van der Waals surface area contributed by atoms with Crippen molar-refractivity contribution in [3.8, 4) is 0 Å². The fourth-order valence-corrected chi connectivity index (χ4v) is 2.13. The molecule has 7 nitrogen and oxygen atoms in total. The Morgan fingerprint density at radius 3 is 2.64 bits per heavy atom. The van der Waals surface area contributed by atoms with Crippen LogP contribution in [0.4, 0.5) is 15.8 Å². The lowest BCUT2D eigenvalue weighted by Crippen LogP contribution is -2.22. The number of rotatable bonds is 6. The number of carbonyl (C=O) groups excluding carboxylic acids is 2. The molecule has 0 aliphatic heterocycles. The van der Waals surface area contributed by atoms with Gasteiger partial charge in [0.1, 0.15) is 5.82 Å². The number of nitro benzene ring substituents is 1. The van der Waals surface area contributed by atoms with Crippen molar-refractivity contribution in [1.29, 1.82) is 0 Å². The van der Waals surface area contributed by atoms with Gasteiger partial charge in [0.25, 0.3) is 11.6 Å². The zero-order valence-electron chi connectivity index (χ0n) is 12.7. The van der Waals surface area contributed by atoms with Gasteiger partial charge in [0.2, 0.25) is 0 Å². The quantitative estimate of drug-likeness (QED) is 0.481. The van der Waals surface area contributed by atoms with Gasteiger partial charge in [-0.05, 0) is 18.2 Å². The largest absolute Gasteiger partial charge is 0.455 e. The first kappa shape index (κ1) is 18.3. The van der Waals surface area contributed by atoms with Gasteiger partial charge in [0.15, 0.2) is 6.61 Å². The van der Waals surface area contributed by atoms with E-state index in [-0.39, 0.29) is 28.4 Å². The molecule has 130 valence electrons. The van der Waals surface area contributed by atoms with E-state index in [1.54, 1.807) is 6.07 Å². The first-order chi connectivity index (χ1) is 11.9. The number of nitro groups is 1. The van der Waals surface area contributed by atoms with Crippen LogP contribution in [-0.2, 0) is 20.7 Å². The predicted molar refractivity (Wildman–Crippen MR) is 87.8 cm³/mol. The van der Waals surface area contributed by atoms with Crippen LogP contribution in [0.5, 0.6) is 0 Å². The van der Waals surface area contributed by atoms with Gasteiger partial charge < -0.3 is 10.1 Å². The number of para-hydroxylation sites is 1. The summed E-state index contributed by atoms with van der Waals surface area (Å²) >= 11 is 5.60. The smallest absolute Gasteiger partial charge is 0.311 e. The number of esters is 1. The highest BCUT2D eigenvalue weighted by atomic mass is 35.5. The Hall–Kier alpha value is -3.00. The lowest BCUT2D eigenvalue weighted by molar-refractivity contribution is -0.385. The summed E-state index contributed by atoms with van der Waals surface area (Å²) in [5.74, 6) is -2.30. The second kappa shape index (κ2) is 8.20. The van der Waals surface area contributed by atoms with E-state index in [4.69, 9.17) is 16.3 Å². The number of halogens is 2. The average Bonchev–Trinajstić information content (AvgIpc) is 2.56. The zero-order chi connectivity index (χ0) is 18.4. The van der Waals surface area contributed by atoms with Gasteiger partial charge in [-0.25, -0.2) is 4.39 Å². The summed E-state index contributed by atoms with van der Waals surface area (Å²) in [6.07, 6.45) is -0.361. The van der Waals surface area contributed by atoms with E-state index in [0.717, 1.165) is 6.07 Å². The number of anilines is 1. The third-order valence-corrected chi connectivity index (χ3v) is 3.33. The molecular formula is C16H12ClFN2O5. The Bertz CT molecular complexity index is 828. The second-order valence-corrected chi connectivity index (χ2v) is 5.33. The maximum Gasteiger partial charge on any atom is 0.311 e. The Morgan fingerprint density at radius 1 is 1.24 bits per heavy atom. The molecule has 0 spiro atoms. The minimum atomic E-state index is -0.818. The van der Waals surface area contributed by atoms with Gasteiger partial charge in [-0.15, -0.1) is 0 Å². The second-order valence-electron chi connectivity index (χ2n) is 4.90. The van der Waals surface area contributed by atoms with Crippen molar-refractivity contribution in [1.82, 2.24) is 0 Å². The maximum absolute atomic E-state index is 13.5. The van der Waals surface area contributed by atoms with E-state index < -0.39 is 29.2 Å². The predicted octanol–water partition coefficient (Wildman–Crippen LogP) is 3.11. The third-order valence-electron chi connectivity index (χ3n) is 3.09. The molecule has 0 fully saturated rings. The van der Waals surface area contributed by atoms with Gasteiger partial charge >= 0.3 is 5.97 Å². The van der Waals surface area contributed by atoms with Crippen LogP contribution in [-0.4, -0.2) is 23.4 Å². The summed E-state index contributed by atoms with van der Waals surface area (Å²) in [5, 5.41) is 13.3. The molecule has 1 amide bonds. The van der Waals surface area contributed by atoms with Crippen LogP contribution in [0.1, 0.15) is 5.56 Å². The van der Waals surface area contributed by atoms with E-state index in [2.05, 4.69) is 5.32 Å². The van der Waals surface area contributed by atoms with E-state index in [9.17, 15) is 24.1 Å². The molecule has 0 atom stereocenters. The van der Waals surface area contributed by atoms with Crippen molar-refractivity contribution in [3.63, 3.8) is 0 Å². The maximum atomic E-state index is 13.5. The van der Waals surface area contributed by atoms with Gasteiger partial charge in [0.05, 0.1) is 17.0 Å². The molecule has 0 aliphatic carbocycles. The molecule has 0 saturated heterocycles. The molecule has 0 unspecified atom stereocenters. The van der Waals surface area contributed by atoms with Crippen molar-refractivity contribution in [2.24, 2.45) is 0 Å². The van der Waals surface area contributed by atoms with E-state index in [0.29, 0.717) is 0 Å². The normalized spacial score (nSPS) is 10.2. The van der Waals surface area contributed by atoms with Crippen LogP contribution in [0, 0.1) is 15.9 Å². The van der Waals surface area contributed by atoms with Gasteiger partial charge in [-0.1, -0.05) is 29.8 Å². The SMILES string of the molecule is O=C(COC(=O)Cc1ccccc1[N+](=O)[O-])Nc1ccc(Cl)cc1F. The van der Waals surface area contributed by atoms with Crippen LogP contribution in [0.3, 0.4) is 0 Å². The number of hydrogen-bond donors (Lipinski definition) is 1. The number of nitrogens with one attached hydrogen (secondary N) is 1. The number of benzene rings is 2. The Balaban J connectivity index is 1.89. The monoisotopic (exact) mass is 366 g/mol. The van der Waals surface area contributed by atoms with Crippen LogP contribution < -0.4 is 5.32 Å². The fraction of sp³-hybridized carbons (Fsp3) is 0.125. The van der Waals surface area contributed by atoms with E-state index >= 15 is 0 Å². The topological polar surface area (TPSA) is 98.5 Å². The number of ether oxygens (including phenoxy) is 1. The van der Waals surface area contributed by atoms with E-state index in [1.165, 1.54) is 30.3 Å². The average molecular weight is 367 g/mol. The van der Waals surface area contributed by atoms with E-state index in [1.807, 2.05) is 0 Å². The van der Waals surface area contributed by atoms with Crippen LogP contribution >= 0.6 is 11.6 Å². The number of nitrogens with zero attached hydrogens (tertiary/aromatic N) is 1.